The largest absolute Gasteiger partial charge is 0.480 e. The molecule has 1 amide bonds. The van der Waals surface area contributed by atoms with Crippen LogP contribution in [-0.2, 0) is 14.4 Å². The molecule has 0 aromatic heterocycles. The average molecular weight is 344 g/mol. The molecule has 0 radical (unpaired) electrons. The fourth-order valence-electron chi connectivity index (χ4n) is 2.04. The minimum atomic E-state index is -1.16. The molecule has 0 spiro atoms. The Labute approximate surface area is 139 Å². The minimum Gasteiger partial charge on any atom is -0.480 e. The predicted octanol–water partition coefficient (Wildman–Crippen LogP) is 1.04. The van der Waals surface area contributed by atoms with E-state index in [0.29, 0.717) is 24.3 Å². The van der Waals surface area contributed by atoms with Gasteiger partial charge in [-0.2, -0.15) is 11.8 Å². The van der Waals surface area contributed by atoms with Gasteiger partial charge in [0, 0.05) is 11.7 Å². The van der Waals surface area contributed by atoms with E-state index in [2.05, 4.69) is 5.32 Å². The van der Waals surface area contributed by atoms with Gasteiger partial charge in [-0.05, 0) is 30.4 Å². The van der Waals surface area contributed by atoms with Gasteiger partial charge in [-0.3, -0.25) is 9.59 Å². The lowest BCUT2D eigenvalue weighted by molar-refractivity contribution is -0.138. The summed E-state index contributed by atoms with van der Waals surface area (Å²) in [5.41, 5.74) is 5.23. The molecule has 2 atom stereocenters. The number of carboxylic acids is 2. The van der Waals surface area contributed by atoms with Gasteiger partial charge in [0.15, 0.2) is 0 Å². The van der Waals surface area contributed by atoms with Crippen molar-refractivity contribution in [1.29, 1.82) is 0 Å². The molecule has 0 bridgehead atoms. The molecule has 1 rings (SSSR count). The molecule has 5 N–H and O–H groups in total. The van der Waals surface area contributed by atoms with E-state index in [1.54, 1.807) is 0 Å². The van der Waals surface area contributed by atoms with Gasteiger partial charge >= 0.3 is 11.9 Å². The minimum absolute atomic E-state index is 0.0484. The summed E-state index contributed by atoms with van der Waals surface area (Å²) < 4.78 is 0. The van der Waals surface area contributed by atoms with Crippen LogP contribution in [0.2, 0.25) is 0 Å². The van der Waals surface area contributed by atoms with Crippen LogP contribution in [0.1, 0.15) is 33.1 Å². The summed E-state index contributed by atoms with van der Waals surface area (Å²) in [5.74, 6) is -1.57. The molecule has 1 aliphatic rings. The normalized spacial score (nSPS) is 20.7. The predicted molar refractivity (Wildman–Crippen MR) is 87.9 cm³/mol. The zero-order valence-corrected chi connectivity index (χ0v) is 14.2. The van der Waals surface area contributed by atoms with Crippen molar-refractivity contribution in [2.75, 3.05) is 11.5 Å². The smallest absolute Gasteiger partial charge is 0.352 e. The second-order valence-corrected chi connectivity index (χ2v) is 7.47. The zero-order chi connectivity index (χ0) is 17.6. The van der Waals surface area contributed by atoms with Crippen LogP contribution < -0.4 is 11.1 Å². The molecule has 1 saturated carbocycles. The van der Waals surface area contributed by atoms with E-state index in [0.717, 1.165) is 6.42 Å². The van der Waals surface area contributed by atoms with Gasteiger partial charge in [0.25, 0.3) is 0 Å². The van der Waals surface area contributed by atoms with Crippen molar-refractivity contribution in [3.05, 3.63) is 11.8 Å². The third-order valence-corrected chi connectivity index (χ3v) is 4.95. The Hall–Kier alpha value is -1.54. The van der Waals surface area contributed by atoms with Crippen LogP contribution in [-0.4, -0.2) is 45.6 Å². The molecule has 0 aliphatic heterocycles. The molecule has 2 unspecified atom stereocenters. The highest BCUT2D eigenvalue weighted by Crippen LogP contribution is 2.51. The lowest BCUT2D eigenvalue weighted by atomic mass is 10.1. The number of carbonyl (C=O) groups is 3. The lowest BCUT2D eigenvalue weighted by Gasteiger charge is -2.08. The maximum atomic E-state index is 11.9. The second kappa shape index (κ2) is 8.35. The number of amides is 1. The van der Waals surface area contributed by atoms with Crippen LogP contribution in [0.4, 0.5) is 0 Å². The van der Waals surface area contributed by atoms with E-state index in [9.17, 15) is 14.4 Å². The standard InChI is InChI=1S/C15H24N2O5S/c1-15(2)7-9(15)12(18)17-11(14(21)22)5-3-4-6-23-8-10(16)13(19)20/h5,9-10H,3-4,6-8,16H2,1-2H3,(H,17,18)(H,19,20)(H,21,22)/b11-5-. The average Bonchev–Trinajstić information content (AvgIpc) is 3.09. The molecule has 1 aliphatic carbocycles. The first kappa shape index (κ1) is 19.5. The van der Waals surface area contributed by atoms with E-state index in [1.165, 1.54) is 17.8 Å². The van der Waals surface area contributed by atoms with Crippen LogP contribution in [0.15, 0.2) is 11.8 Å². The Morgan fingerprint density at radius 1 is 1.39 bits per heavy atom. The number of hydrogen-bond donors (Lipinski definition) is 4. The van der Waals surface area contributed by atoms with Crippen LogP contribution in [0.3, 0.4) is 0 Å². The molecule has 130 valence electrons. The molecule has 0 aromatic rings. The molecule has 8 heteroatoms. The van der Waals surface area contributed by atoms with E-state index >= 15 is 0 Å². The molecule has 23 heavy (non-hydrogen) atoms. The number of thioether (sulfide) groups is 1. The molecule has 0 saturated heterocycles. The number of nitrogens with two attached hydrogens (primary N) is 1. The Balaban J connectivity index is 2.32. The van der Waals surface area contributed by atoms with E-state index in [1.807, 2.05) is 13.8 Å². The second-order valence-electron chi connectivity index (χ2n) is 6.32. The molecular formula is C15H24N2O5S. The van der Waals surface area contributed by atoms with Gasteiger partial charge in [-0.15, -0.1) is 0 Å². The first-order chi connectivity index (χ1) is 10.6. The van der Waals surface area contributed by atoms with Crippen molar-refractivity contribution in [2.24, 2.45) is 17.1 Å². The maximum Gasteiger partial charge on any atom is 0.352 e. The number of unbranched alkanes of at least 4 members (excludes halogenated alkanes) is 1. The van der Waals surface area contributed by atoms with Gasteiger partial charge in [0.05, 0.1) is 0 Å². The summed E-state index contributed by atoms with van der Waals surface area (Å²) in [6.45, 7) is 3.95. The number of aliphatic carboxylic acids is 2. The summed E-state index contributed by atoms with van der Waals surface area (Å²) in [5, 5.41) is 20.2. The Morgan fingerprint density at radius 2 is 2.00 bits per heavy atom. The zero-order valence-electron chi connectivity index (χ0n) is 13.4. The lowest BCUT2D eigenvalue weighted by Crippen LogP contribution is -2.32. The number of nitrogens with one attached hydrogen (secondary N) is 1. The third-order valence-electron chi connectivity index (χ3n) is 3.77. The van der Waals surface area contributed by atoms with Gasteiger partial charge < -0.3 is 21.3 Å². The summed E-state index contributed by atoms with van der Waals surface area (Å²) in [6, 6.07) is -0.883. The SMILES string of the molecule is CC1(C)CC1C(=O)N/C(=C\CCCSCC(N)C(=O)O)C(=O)O. The molecule has 0 aromatic carbocycles. The Bertz CT molecular complexity index is 504. The van der Waals surface area contributed by atoms with Crippen molar-refractivity contribution in [1.82, 2.24) is 5.32 Å². The fraction of sp³-hybridized carbons (Fsp3) is 0.667. The van der Waals surface area contributed by atoms with Crippen molar-refractivity contribution in [3.63, 3.8) is 0 Å². The number of rotatable bonds is 10. The van der Waals surface area contributed by atoms with Gasteiger partial charge in [-0.25, -0.2) is 4.79 Å². The first-order valence-electron chi connectivity index (χ1n) is 7.45. The van der Waals surface area contributed by atoms with Crippen molar-refractivity contribution in [3.8, 4) is 0 Å². The number of hydrogen-bond acceptors (Lipinski definition) is 5. The van der Waals surface area contributed by atoms with Gasteiger partial charge in [0.2, 0.25) is 5.91 Å². The van der Waals surface area contributed by atoms with Crippen molar-refractivity contribution >= 4 is 29.6 Å². The summed E-state index contributed by atoms with van der Waals surface area (Å²) in [6.07, 6.45) is 3.43. The fourth-order valence-corrected chi connectivity index (χ4v) is 2.97. The van der Waals surface area contributed by atoms with E-state index in [-0.39, 0.29) is 22.9 Å². The van der Waals surface area contributed by atoms with Crippen molar-refractivity contribution in [2.45, 2.75) is 39.2 Å². The molecule has 1 fully saturated rings. The quantitative estimate of drug-likeness (QED) is 0.344. The highest BCUT2D eigenvalue weighted by molar-refractivity contribution is 7.99. The Kier molecular flexibility index (Phi) is 7.08. The summed E-state index contributed by atoms with van der Waals surface area (Å²) >= 11 is 1.41. The summed E-state index contributed by atoms with van der Waals surface area (Å²) in [4.78, 5) is 33.6. The number of carboxylic acid groups (broad SMARTS) is 2. The van der Waals surface area contributed by atoms with Crippen LogP contribution in [0.5, 0.6) is 0 Å². The van der Waals surface area contributed by atoms with Crippen molar-refractivity contribution < 1.29 is 24.6 Å². The van der Waals surface area contributed by atoms with E-state index < -0.39 is 18.0 Å². The number of carbonyl (C=O) groups excluding carboxylic acids is 1. The Morgan fingerprint density at radius 3 is 2.48 bits per heavy atom. The third kappa shape index (κ3) is 6.62. The molecular weight excluding hydrogens is 320 g/mol. The van der Waals surface area contributed by atoms with Crippen LogP contribution in [0.25, 0.3) is 0 Å². The van der Waals surface area contributed by atoms with Crippen LogP contribution in [0, 0.1) is 11.3 Å². The number of allylic oxidation sites excluding steroid dienone is 1. The maximum absolute atomic E-state index is 11.9. The van der Waals surface area contributed by atoms with Crippen LogP contribution >= 0.6 is 11.8 Å². The van der Waals surface area contributed by atoms with E-state index in [4.69, 9.17) is 15.9 Å². The highest BCUT2D eigenvalue weighted by atomic mass is 32.2. The summed E-state index contributed by atoms with van der Waals surface area (Å²) in [7, 11) is 0. The molecule has 7 nitrogen and oxygen atoms in total. The first-order valence-corrected chi connectivity index (χ1v) is 8.61. The topological polar surface area (TPSA) is 130 Å². The monoisotopic (exact) mass is 344 g/mol. The highest BCUT2D eigenvalue weighted by Gasteiger charge is 2.50. The van der Waals surface area contributed by atoms with Gasteiger partial charge in [0.1, 0.15) is 11.7 Å². The van der Waals surface area contributed by atoms with Gasteiger partial charge in [-0.1, -0.05) is 19.9 Å². The molecule has 0 heterocycles.